The second kappa shape index (κ2) is 11.1. The van der Waals surface area contributed by atoms with Crippen LogP contribution in [0.25, 0.3) is 6.08 Å². The Kier molecular flexibility index (Phi) is 7.67. The molecular formula is C28H24FNO4S. The molecular weight excluding hydrogens is 465 g/mol. The molecule has 0 saturated carbocycles. The van der Waals surface area contributed by atoms with Crippen molar-refractivity contribution in [2.24, 2.45) is 4.99 Å². The maximum Gasteiger partial charge on any atom is 0.344 e. The minimum Gasteiger partial charge on any atom is -0.506 e. The highest BCUT2D eigenvalue weighted by Gasteiger charge is 2.33. The Morgan fingerprint density at radius 3 is 2.51 bits per heavy atom. The van der Waals surface area contributed by atoms with Crippen molar-refractivity contribution in [3.05, 3.63) is 112 Å². The third-order valence-electron chi connectivity index (χ3n) is 5.18. The predicted octanol–water partition coefficient (Wildman–Crippen LogP) is 6.91. The van der Waals surface area contributed by atoms with Crippen molar-refractivity contribution >= 4 is 34.5 Å². The molecule has 35 heavy (non-hydrogen) atoms. The summed E-state index contributed by atoms with van der Waals surface area (Å²) in [5, 5.41) is 11.3. The van der Waals surface area contributed by atoms with Crippen LogP contribution in [0, 0.1) is 12.7 Å². The van der Waals surface area contributed by atoms with Crippen molar-refractivity contribution in [3.63, 3.8) is 0 Å². The summed E-state index contributed by atoms with van der Waals surface area (Å²) in [7, 11) is 0. The second-order valence-corrected chi connectivity index (χ2v) is 8.76. The summed E-state index contributed by atoms with van der Waals surface area (Å²) in [4.78, 5) is 17.7. The summed E-state index contributed by atoms with van der Waals surface area (Å²) in [6, 6.07) is 21.2. The van der Waals surface area contributed by atoms with Gasteiger partial charge in [-0.3, -0.25) is 0 Å². The highest BCUT2D eigenvalue weighted by Crippen LogP contribution is 2.41. The zero-order valence-corrected chi connectivity index (χ0v) is 20.1. The zero-order valence-electron chi connectivity index (χ0n) is 19.3. The summed E-state index contributed by atoms with van der Waals surface area (Å²) in [5.74, 6) is -0.677. The van der Waals surface area contributed by atoms with Crippen LogP contribution in [0.15, 0.2) is 94.0 Å². The quantitative estimate of drug-likeness (QED) is 0.365. The van der Waals surface area contributed by atoms with E-state index in [-0.39, 0.29) is 30.4 Å². The van der Waals surface area contributed by atoms with E-state index in [9.17, 15) is 14.3 Å². The maximum atomic E-state index is 14.0. The van der Waals surface area contributed by atoms with Crippen LogP contribution in [0.1, 0.15) is 23.6 Å². The van der Waals surface area contributed by atoms with Crippen molar-refractivity contribution in [2.45, 2.75) is 20.5 Å². The van der Waals surface area contributed by atoms with Gasteiger partial charge < -0.3 is 14.6 Å². The molecule has 4 rings (SSSR count). The number of hydrogen-bond donors (Lipinski definition) is 1. The number of aliphatic hydroxyl groups excluding tert-OH is 1. The van der Waals surface area contributed by atoms with Crippen LogP contribution in [0.2, 0.25) is 0 Å². The molecule has 0 spiro atoms. The number of nitrogens with zero attached hydrogens (tertiary/aromatic N) is 1. The van der Waals surface area contributed by atoms with E-state index in [1.54, 1.807) is 37.3 Å². The number of hydrogen-bond acceptors (Lipinski definition) is 6. The lowest BCUT2D eigenvalue weighted by Crippen LogP contribution is -2.12. The SMILES string of the molecule is CCOC(=O)C1=C(O)/C(=C\c2ccccc2OCc2ccccc2F)SC1=Nc1ccc(C)cc1. The van der Waals surface area contributed by atoms with Gasteiger partial charge in [-0.1, -0.05) is 65.9 Å². The normalized spacial score (nSPS) is 15.6. The summed E-state index contributed by atoms with van der Waals surface area (Å²) < 4.78 is 25.1. The summed E-state index contributed by atoms with van der Waals surface area (Å²) in [5.41, 5.74) is 2.86. The van der Waals surface area contributed by atoms with Gasteiger partial charge in [-0.25, -0.2) is 14.2 Å². The number of ether oxygens (including phenoxy) is 2. The monoisotopic (exact) mass is 489 g/mol. The van der Waals surface area contributed by atoms with Crippen molar-refractivity contribution in [2.75, 3.05) is 6.61 Å². The molecule has 0 amide bonds. The van der Waals surface area contributed by atoms with Gasteiger partial charge in [-0.2, -0.15) is 0 Å². The third-order valence-corrected chi connectivity index (χ3v) is 6.20. The second-order valence-electron chi connectivity index (χ2n) is 7.73. The molecule has 5 nitrogen and oxygen atoms in total. The molecule has 3 aromatic carbocycles. The number of aryl methyl sites for hydroxylation is 1. The van der Waals surface area contributed by atoms with Crippen LogP contribution in [0.4, 0.5) is 10.1 Å². The Hall–Kier alpha value is -3.84. The van der Waals surface area contributed by atoms with Gasteiger partial charge in [0, 0.05) is 11.1 Å². The van der Waals surface area contributed by atoms with Gasteiger partial charge in [-0.15, -0.1) is 0 Å². The number of esters is 1. The molecule has 7 heteroatoms. The van der Waals surface area contributed by atoms with E-state index < -0.39 is 5.97 Å². The molecule has 0 unspecified atom stereocenters. The molecule has 1 heterocycles. The zero-order chi connectivity index (χ0) is 24.8. The smallest absolute Gasteiger partial charge is 0.344 e. The fourth-order valence-electron chi connectivity index (χ4n) is 3.37. The molecule has 0 saturated heterocycles. The van der Waals surface area contributed by atoms with Crippen molar-refractivity contribution < 1.29 is 23.8 Å². The molecule has 0 fully saturated rings. The Labute approximate surface area is 207 Å². The first-order valence-corrected chi connectivity index (χ1v) is 11.9. The van der Waals surface area contributed by atoms with Crippen LogP contribution in [-0.4, -0.2) is 22.7 Å². The Morgan fingerprint density at radius 1 is 1.06 bits per heavy atom. The number of benzene rings is 3. The van der Waals surface area contributed by atoms with E-state index in [1.165, 1.54) is 17.8 Å². The summed E-state index contributed by atoms with van der Waals surface area (Å²) in [6.45, 7) is 3.90. The maximum absolute atomic E-state index is 14.0. The van der Waals surface area contributed by atoms with E-state index >= 15 is 0 Å². The molecule has 1 aliphatic rings. The molecule has 3 aromatic rings. The van der Waals surface area contributed by atoms with Gasteiger partial charge in [0.25, 0.3) is 0 Å². The van der Waals surface area contributed by atoms with Gasteiger partial charge >= 0.3 is 5.97 Å². The fraction of sp³-hybridized carbons (Fsp3) is 0.143. The van der Waals surface area contributed by atoms with Crippen LogP contribution < -0.4 is 4.74 Å². The first-order chi connectivity index (χ1) is 17.0. The third kappa shape index (κ3) is 5.81. The molecule has 0 aliphatic carbocycles. The van der Waals surface area contributed by atoms with E-state index in [0.29, 0.717) is 32.5 Å². The lowest BCUT2D eigenvalue weighted by molar-refractivity contribution is -0.138. The minimum atomic E-state index is -0.643. The van der Waals surface area contributed by atoms with E-state index in [1.807, 2.05) is 49.4 Å². The van der Waals surface area contributed by atoms with Crippen LogP contribution in [-0.2, 0) is 16.1 Å². The molecule has 0 bridgehead atoms. The van der Waals surface area contributed by atoms with Crippen molar-refractivity contribution in [3.8, 4) is 5.75 Å². The average molecular weight is 490 g/mol. The van der Waals surface area contributed by atoms with E-state index in [4.69, 9.17) is 9.47 Å². The van der Waals surface area contributed by atoms with Crippen molar-refractivity contribution in [1.29, 1.82) is 0 Å². The molecule has 1 aliphatic heterocycles. The number of carbonyl (C=O) groups excluding carboxylic acids is 1. The first kappa shape index (κ1) is 24.3. The number of aliphatic imine (C=N–C) groups is 1. The van der Waals surface area contributed by atoms with Gasteiger partial charge in [-0.05, 0) is 44.2 Å². The minimum absolute atomic E-state index is 0.0217. The average Bonchev–Trinajstić information content (AvgIpc) is 3.15. The number of para-hydroxylation sites is 1. The molecule has 0 radical (unpaired) electrons. The molecule has 1 N–H and O–H groups in total. The number of rotatable bonds is 7. The summed E-state index contributed by atoms with van der Waals surface area (Å²) >= 11 is 1.17. The lowest BCUT2D eigenvalue weighted by Gasteiger charge is -2.10. The first-order valence-electron chi connectivity index (χ1n) is 11.1. The van der Waals surface area contributed by atoms with Crippen LogP contribution >= 0.6 is 11.8 Å². The van der Waals surface area contributed by atoms with Gasteiger partial charge in [0.15, 0.2) is 0 Å². The van der Waals surface area contributed by atoms with E-state index in [2.05, 4.69) is 4.99 Å². The van der Waals surface area contributed by atoms with Gasteiger partial charge in [0.1, 0.15) is 34.5 Å². The van der Waals surface area contributed by atoms with E-state index in [0.717, 1.165) is 5.56 Å². The number of thioether (sulfide) groups is 1. The Bertz CT molecular complexity index is 1330. The fourth-order valence-corrected chi connectivity index (χ4v) is 4.40. The number of aliphatic hydroxyl groups is 1. The topological polar surface area (TPSA) is 68.1 Å². The highest BCUT2D eigenvalue weighted by molar-refractivity contribution is 8.18. The number of carbonyl (C=O) groups is 1. The van der Waals surface area contributed by atoms with Gasteiger partial charge in [0.05, 0.1) is 17.2 Å². The predicted molar refractivity (Wildman–Crippen MR) is 137 cm³/mol. The Balaban J connectivity index is 1.67. The Morgan fingerprint density at radius 2 is 1.77 bits per heavy atom. The van der Waals surface area contributed by atoms with Crippen LogP contribution in [0.3, 0.4) is 0 Å². The molecule has 0 aromatic heterocycles. The molecule has 178 valence electrons. The standard InChI is InChI=1S/C28H24FNO4S/c1-3-33-28(32)25-26(31)24(35-27(25)30-21-14-12-18(2)13-15-21)16-19-8-5-7-11-23(19)34-17-20-9-4-6-10-22(20)29/h4-16,31H,3,17H2,1-2H3/b24-16+,30-27?. The van der Waals surface area contributed by atoms with Crippen molar-refractivity contribution in [1.82, 2.24) is 0 Å². The largest absolute Gasteiger partial charge is 0.506 e. The lowest BCUT2D eigenvalue weighted by atomic mass is 10.1. The van der Waals surface area contributed by atoms with Gasteiger partial charge in [0.2, 0.25) is 0 Å². The summed E-state index contributed by atoms with van der Waals surface area (Å²) in [6.07, 6.45) is 1.72. The number of halogens is 1. The highest BCUT2D eigenvalue weighted by atomic mass is 32.2. The molecule has 0 atom stereocenters. The van der Waals surface area contributed by atoms with Crippen LogP contribution in [0.5, 0.6) is 5.75 Å².